The van der Waals surface area contributed by atoms with Crippen molar-refractivity contribution in [2.75, 3.05) is 5.32 Å². The Morgan fingerprint density at radius 2 is 2.06 bits per heavy atom. The molecular weight excluding hydrogens is 481 g/mol. The van der Waals surface area contributed by atoms with Crippen molar-refractivity contribution in [1.29, 1.82) is 0 Å². The predicted molar refractivity (Wildman–Crippen MR) is 127 cm³/mol. The Hall–Kier alpha value is -3.11. The van der Waals surface area contributed by atoms with Gasteiger partial charge in [0.2, 0.25) is 0 Å². The molecule has 1 N–H and O–H groups in total. The van der Waals surface area contributed by atoms with E-state index in [0.717, 1.165) is 23.0 Å². The van der Waals surface area contributed by atoms with Crippen molar-refractivity contribution in [3.63, 3.8) is 0 Å². The number of aromatic nitrogens is 4. The summed E-state index contributed by atoms with van der Waals surface area (Å²) in [5.41, 5.74) is 0.526. The van der Waals surface area contributed by atoms with Crippen LogP contribution in [0.2, 0.25) is 5.02 Å². The second-order valence-corrected chi connectivity index (χ2v) is 10.6. The first-order valence-corrected chi connectivity index (χ1v) is 12.7. The molecule has 0 spiro atoms. The lowest BCUT2D eigenvalue weighted by molar-refractivity contribution is -0.120. The Labute approximate surface area is 200 Å². The molecule has 8 nitrogen and oxygen atoms in total. The fourth-order valence-electron chi connectivity index (χ4n) is 4.28. The second-order valence-electron chi connectivity index (χ2n) is 8.33. The number of Topliss-reactive ketones (excluding diaryl/α,β-unsaturated/α-hetero) is 1. The molecular formula is C23H21ClFN5O3S. The highest BCUT2D eigenvalue weighted by atomic mass is 35.5. The van der Waals surface area contributed by atoms with E-state index in [1.54, 1.807) is 18.2 Å². The molecule has 1 fully saturated rings. The molecule has 1 atom stereocenters. The van der Waals surface area contributed by atoms with Gasteiger partial charge in [0.1, 0.15) is 5.78 Å². The number of carbonyl (C=O) groups excluding carboxylic acids is 1. The van der Waals surface area contributed by atoms with Gasteiger partial charge in [-0.1, -0.05) is 23.8 Å². The van der Waals surface area contributed by atoms with Crippen LogP contribution in [0.15, 0.2) is 47.8 Å². The molecule has 3 heterocycles. The summed E-state index contributed by atoms with van der Waals surface area (Å²) in [6.07, 6.45) is 12.3. The summed E-state index contributed by atoms with van der Waals surface area (Å²) in [5.74, 6) is -0.456. The molecule has 0 aliphatic heterocycles. The van der Waals surface area contributed by atoms with E-state index >= 15 is 0 Å². The number of hydrogen-bond donors (Lipinski definition) is 1. The Morgan fingerprint density at radius 1 is 1.21 bits per heavy atom. The minimum absolute atomic E-state index is 0.0384. The predicted octanol–water partition coefficient (Wildman–Crippen LogP) is 4.62. The maximum absolute atomic E-state index is 14.5. The molecule has 34 heavy (non-hydrogen) atoms. The van der Waals surface area contributed by atoms with Crippen LogP contribution in [0, 0.1) is 5.82 Å². The van der Waals surface area contributed by atoms with Gasteiger partial charge in [0.05, 0.1) is 16.1 Å². The van der Waals surface area contributed by atoms with Gasteiger partial charge >= 0.3 is 0 Å². The molecule has 0 saturated heterocycles. The van der Waals surface area contributed by atoms with Crippen molar-refractivity contribution in [2.45, 2.75) is 44.6 Å². The molecule has 0 aromatic carbocycles. The molecule has 0 bridgehead atoms. The summed E-state index contributed by atoms with van der Waals surface area (Å²) in [4.78, 5) is 24.7. The van der Waals surface area contributed by atoms with Crippen LogP contribution in [0.5, 0.6) is 0 Å². The number of ketones is 1. The standard InChI is InChI=1S/C23H21ClFN5O3S/c24-14-9-18-19(13-30(23(18)27-11-14)34(32,33)17-7-2-1-3-8-17)21-26-12-20(25)22(29-21)28-15-5-4-6-16(31)10-15/h1-2,7,9,11-13,15H,3-6,8,10H2,(H,26,28,29). The fourth-order valence-corrected chi connectivity index (χ4v) is 5.93. The molecule has 2 aliphatic carbocycles. The maximum Gasteiger partial charge on any atom is 0.265 e. The summed E-state index contributed by atoms with van der Waals surface area (Å²) in [5, 5.41) is 3.74. The van der Waals surface area contributed by atoms with Gasteiger partial charge in [-0.05, 0) is 37.8 Å². The normalized spacial score (nSPS) is 18.8. The lowest BCUT2D eigenvalue weighted by Gasteiger charge is -2.22. The summed E-state index contributed by atoms with van der Waals surface area (Å²) >= 11 is 6.16. The Bertz CT molecular complexity index is 1460. The number of rotatable bonds is 5. The third kappa shape index (κ3) is 4.23. The third-order valence-electron chi connectivity index (χ3n) is 5.95. The highest BCUT2D eigenvalue weighted by molar-refractivity contribution is 7.94. The van der Waals surface area contributed by atoms with Crippen LogP contribution in [0.3, 0.4) is 0 Å². The van der Waals surface area contributed by atoms with Crippen molar-refractivity contribution in [3.05, 3.63) is 58.6 Å². The number of halogens is 2. The van der Waals surface area contributed by atoms with E-state index in [1.165, 1.54) is 12.4 Å². The Morgan fingerprint density at radius 3 is 2.82 bits per heavy atom. The first-order valence-electron chi connectivity index (χ1n) is 10.9. The Kier molecular flexibility index (Phi) is 5.95. The monoisotopic (exact) mass is 501 g/mol. The SMILES string of the molecule is O=C1CCCC(Nc2nc(-c3cn(S(=O)(=O)C4=CC=CCC4)c4ncc(Cl)cc34)ncc2F)C1. The van der Waals surface area contributed by atoms with Gasteiger partial charge in [0.25, 0.3) is 10.0 Å². The first-order chi connectivity index (χ1) is 16.3. The summed E-state index contributed by atoms with van der Waals surface area (Å²) < 4.78 is 42.4. The quantitative estimate of drug-likeness (QED) is 0.543. The third-order valence-corrected chi connectivity index (χ3v) is 7.96. The number of carbonyl (C=O) groups is 1. The van der Waals surface area contributed by atoms with E-state index in [2.05, 4.69) is 20.3 Å². The number of nitrogens with zero attached hydrogens (tertiary/aromatic N) is 4. The van der Waals surface area contributed by atoms with Gasteiger partial charge in [0.15, 0.2) is 23.1 Å². The molecule has 176 valence electrons. The van der Waals surface area contributed by atoms with Crippen LogP contribution >= 0.6 is 11.6 Å². The van der Waals surface area contributed by atoms with Crippen molar-refractivity contribution in [1.82, 2.24) is 18.9 Å². The lowest BCUT2D eigenvalue weighted by Crippen LogP contribution is -2.28. The van der Waals surface area contributed by atoms with Crippen molar-refractivity contribution < 1.29 is 17.6 Å². The average molecular weight is 502 g/mol. The molecule has 2 aliphatic rings. The first kappa shape index (κ1) is 22.7. The van der Waals surface area contributed by atoms with Crippen LogP contribution in [0.4, 0.5) is 10.2 Å². The average Bonchev–Trinajstić information content (AvgIpc) is 3.20. The van der Waals surface area contributed by atoms with E-state index in [1.807, 2.05) is 6.08 Å². The van der Waals surface area contributed by atoms with E-state index in [0.29, 0.717) is 41.7 Å². The summed E-state index contributed by atoms with van der Waals surface area (Å²) in [6, 6.07) is 1.36. The van der Waals surface area contributed by atoms with E-state index < -0.39 is 15.8 Å². The molecule has 0 amide bonds. The molecule has 3 aromatic heterocycles. The zero-order valence-electron chi connectivity index (χ0n) is 18.0. The zero-order valence-corrected chi connectivity index (χ0v) is 19.6. The number of nitrogens with one attached hydrogen (secondary N) is 1. The Balaban J connectivity index is 1.60. The van der Waals surface area contributed by atoms with Crippen molar-refractivity contribution in [3.8, 4) is 11.4 Å². The topological polar surface area (TPSA) is 107 Å². The van der Waals surface area contributed by atoms with E-state index in [-0.39, 0.29) is 34.0 Å². The molecule has 0 radical (unpaired) electrons. The number of anilines is 1. The van der Waals surface area contributed by atoms with Crippen LogP contribution in [-0.2, 0) is 14.8 Å². The minimum Gasteiger partial charge on any atom is -0.364 e. The molecule has 1 unspecified atom stereocenters. The van der Waals surface area contributed by atoms with Crippen LogP contribution in [-0.4, -0.2) is 39.2 Å². The van der Waals surface area contributed by atoms with Gasteiger partial charge in [-0.2, -0.15) is 0 Å². The highest BCUT2D eigenvalue weighted by Gasteiger charge is 2.27. The van der Waals surface area contributed by atoms with Crippen molar-refractivity contribution >= 4 is 44.3 Å². The fraction of sp³-hybridized carbons (Fsp3) is 0.304. The highest BCUT2D eigenvalue weighted by Crippen LogP contribution is 2.33. The number of allylic oxidation sites excluding steroid dienone is 4. The van der Waals surface area contributed by atoms with Crippen molar-refractivity contribution in [2.24, 2.45) is 0 Å². The maximum atomic E-state index is 14.5. The summed E-state index contributed by atoms with van der Waals surface area (Å²) in [6.45, 7) is 0. The number of fused-ring (bicyclic) bond motifs is 1. The van der Waals surface area contributed by atoms with Gasteiger partial charge in [-0.15, -0.1) is 0 Å². The van der Waals surface area contributed by atoms with Gasteiger partial charge in [0, 0.05) is 42.2 Å². The number of pyridine rings is 1. The van der Waals surface area contributed by atoms with E-state index in [4.69, 9.17) is 11.6 Å². The van der Waals surface area contributed by atoms with Gasteiger partial charge in [-0.25, -0.2) is 31.7 Å². The van der Waals surface area contributed by atoms with E-state index in [9.17, 15) is 17.6 Å². The number of hydrogen-bond acceptors (Lipinski definition) is 7. The molecule has 5 rings (SSSR count). The van der Waals surface area contributed by atoms with Gasteiger partial charge in [-0.3, -0.25) is 4.79 Å². The molecule has 3 aromatic rings. The molecule has 11 heteroatoms. The smallest absolute Gasteiger partial charge is 0.265 e. The minimum atomic E-state index is -3.90. The lowest BCUT2D eigenvalue weighted by atomic mass is 9.94. The second kappa shape index (κ2) is 8.92. The van der Waals surface area contributed by atoms with Crippen LogP contribution in [0.25, 0.3) is 22.4 Å². The zero-order chi connectivity index (χ0) is 23.9. The van der Waals surface area contributed by atoms with Crippen LogP contribution in [0.1, 0.15) is 38.5 Å². The van der Waals surface area contributed by atoms with Gasteiger partial charge < -0.3 is 5.32 Å². The molecule has 1 saturated carbocycles. The largest absolute Gasteiger partial charge is 0.364 e. The van der Waals surface area contributed by atoms with Crippen LogP contribution < -0.4 is 5.32 Å². The summed E-state index contributed by atoms with van der Waals surface area (Å²) in [7, 11) is -3.90.